The Kier molecular flexibility index (Phi) is 6.12. The smallest absolute Gasteiger partial charge is 0.330 e. The summed E-state index contributed by atoms with van der Waals surface area (Å²) in [5, 5.41) is 0. The Balaban J connectivity index is 2.66. The maximum Gasteiger partial charge on any atom is 0.330 e. The van der Waals surface area contributed by atoms with Crippen LogP contribution < -0.4 is 0 Å². The Morgan fingerprint density at radius 2 is 1.95 bits per heavy atom. The van der Waals surface area contributed by atoms with Crippen LogP contribution in [0.2, 0.25) is 0 Å². The standard InChI is InChI=1S/C16H25NO4/c1-5-8-13(18)21-11-16(3,4)14(19)15(20)17-10-7-6-9-12(17)2/h5,8,12H,6-7,9-11H2,1-4H3/b8-5-. The Labute approximate surface area is 126 Å². The van der Waals surface area contributed by atoms with Gasteiger partial charge in [0.05, 0.1) is 5.41 Å². The number of likely N-dealkylation sites (tertiary alicyclic amines) is 1. The van der Waals surface area contributed by atoms with Gasteiger partial charge in [-0.3, -0.25) is 9.59 Å². The fraction of sp³-hybridized carbons (Fsp3) is 0.688. The number of allylic oxidation sites excluding steroid dienone is 1. The van der Waals surface area contributed by atoms with Crippen LogP contribution in [-0.2, 0) is 19.1 Å². The first-order valence-corrected chi connectivity index (χ1v) is 7.44. The van der Waals surface area contributed by atoms with Crippen molar-refractivity contribution in [3.8, 4) is 0 Å². The highest BCUT2D eigenvalue weighted by atomic mass is 16.5. The molecule has 1 rings (SSSR count). The highest BCUT2D eigenvalue weighted by Gasteiger charge is 2.38. The van der Waals surface area contributed by atoms with Gasteiger partial charge in [0.1, 0.15) is 6.61 Å². The minimum absolute atomic E-state index is 0.0941. The molecule has 21 heavy (non-hydrogen) atoms. The normalized spacial score (nSPS) is 19.6. The molecule has 118 valence electrons. The number of carbonyl (C=O) groups is 3. The van der Waals surface area contributed by atoms with Crippen LogP contribution in [0.4, 0.5) is 0 Å². The molecule has 0 aromatic heterocycles. The average molecular weight is 295 g/mol. The summed E-state index contributed by atoms with van der Waals surface area (Å²) in [6, 6.07) is 0.0941. The lowest BCUT2D eigenvalue weighted by atomic mass is 9.87. The van der Waals surface area contributed by atoms with E-state index in [4.69, 9.17) is 4.74 Å². The van der Waals surface area contributed by atoms with Gasteiger partial charge in [-0.2, -0.15) is 0 Å². The van der Waals surface area contributed by atoms with E-state index in [1.165, 1.54) is 6.08 Å². The number of ether oxygens (including phenoxy) is 1. The molecule has 1 saturated heterocycles. The Bertz CT molecular complexity index is 440. The molecule has 1 heterocycles. The summed E-state index contributed by atoms with van der Waals surface area (Å²) >= 11 is 0. The molecule has 0 radical (unpaired) electrons. The van der Waals surface area contributed by atoms with Gasteiger partial charge in [-0.25, -0.2) is 4.79 Å². The van der Waals surface area contributed by atoms with E-state index in [1.807, 2.05) is 6.92 Å². The molecule has 5 heteroatoms. The number of amides is 1. The number of piperidine rings is 1. The third-order valence-electron chi connectivity index (χ3n) is 3.75. The molecule has 1 unspecified atom stereocenters. The second-order valence-electron chi connectivity index (χ2n) is 6.16. The molecular weight excluding hydrogens is 270 g/mol. The van der Waals surface area contributed by atoms with Crippen molar-refractivity contribution in [1.29, 1.82) is 0 Å². The summed E-state index contributed by atoms with van der Waals surface area (Å²) in [5.74, 6) is -1.46. The van der Waals surface area contributed by atoms with Gasteiger partial charge in [0.15, 0.2) is 0 Å². The van der Waals surface area contributed by atoms with Gasteiger partial charge in [0.2, 0.25) is 5.78 Å². The molecule has 0 bridgehead atoms. The maximum absolute atomic E-state index is 12.4. The number of hydrogen-bond acceptors (Lipinski definition) is 4. The number of esters is 1. The van der Waals surface area contributed by atoms with E-state index in [9.17, 15) is 14.4 Å². The number of ketones is 1. The van der Waals surface area contributed by atoms with Gasteiger partial charge in [-0.15, -0.1) is 0 Å². The van der Waals surface area contributed by atoms with E-state index in [0.717, 1.165) is 19.3 Å². The van der Waals surface area contributed by atoms with E-state index in [0.29, 0.717) is 6.54 Å². The lowest BCUT2D eigenvalue weighted by molar-refractivity contribution is -0.155. The van der Waals surface area contributed by atoms with Crippen molar-refractivity contribution in [1.82, 2.24) is 4.90 Å². The van der Waals surface area contributed by atoms with E-state index in [2.05, 4.69) is 0 Å². The second-order valence-corrected chi connectivity index (χ2v) is 6.16. The molecule has 0 spiro atoms. The first-order valence-electron chi connectivity index (χ1n) is 7.44. The minimum atomic E-state index is -1.01. The molecule has 0 aromatic rings. The molecule has 1 fully saturated rings. The van der Waals surface area contributed by atoms with Crippen molar-refractivity contribution in [2.45, 2.75) is 53.0 Å². The average Bonchev–Trinajstić information content (AvgIpc) is 2.44. The summed E-state index contributed by atoms with van der Waals surface area (Å²) in [7, 11) is 0. The van der Waals surface area contributed by atoms with Crippen molar-refractivity contribution < 1.29 is 19.1 Å². The lowest BCUT2D eigenvalue weighted by Gasteiger charge is -2.34. The van der Waals surface area contributed by atoms with Crippen molar-refractivity contribution in [2.24, 2.45) is 5.41 Å². The third-order valence-corrected chi connectivity index (χ3v) is 3.75. The molecule has 0 aliphatic carbocycles. The first-order chi connectivity index (χ1) is 9.79. The Morgan fingerprint density at radius 3 is 2.52 bits per heavy atom. The second kappa shape index (κ2) is 7.38. The fourth-order valence-corrected chi connectivity index (χ4v) is 2.32. The van der Waals surface area contributed by atoms with E-state index in [1.54, 1.807) is 31.7 Å². The van der Waals surface area contributed by atoms with Gasteiger partial charge in [0.25, 0.3) is 5.91 Å². The molecule has 0 N–H and O–H groups in total. The van der Waals surface area contributed by atoms with Gasteiger partial charge in [-0.05, 0) is 47.0 Å². The molecular formula is C16H25NO4. The van der Waals surface area contributed by atoms with Crippen LogP contribution in [0.3, 0.4) is 0 Å². The lowest BCUT2D eigenvalue weighted by Crippen LogP contribution is -2.49. The predicted octanol–water partition coefficient (Wildman–Crippen LogP) is 2.10. The van der Waals surface area contributed by atoms with Gasteiger partial charge in [0, 0.05) is 18.7 Å². The molecule has 0 saturated carbocycles. The SMILES string of the molecule is C/C=C\C(=O)OCC(C)(C)C(=O)C(=O)N1CCCCC1C. The highest BCUT2D eigenvalue weighted by Crippen LogP contribution is 2.22. The fourth-order valence-electron chi connectivity index (χ4n) is 2.32. The zero-order valence-electron chi connectivity index (χ0n) is 13.3. The molecule has 0 aromatic carbocycles. The number of rotatable bonds is 5. The van der Waals surface area contributed by atoms with Crippen molar-refractivity contribution in [3.63, 3.8) is 0 Å². The van der Waals surface area contributed by atoms with Crippen molar-refractivity contribution in [3.05, 3.63) is 12.2 Å². The Hall–Kier alpha value is -1.65. The van der Waals surface area contributed by atoms with E-state index >= 15 is 0 Å². The van der Waals surface area contributed by atoms with Gasteiger partial charge >= 0.3 is 5.97 Å². The molecule has 1 amide bonds. The maximum atomic E-state index is 12.4. The summed E-state index contributed by atoms with van der Waals surface area (Å²) < 4.78 is 5.02. The molecule has 1 atom stereocenters. The quantitative estimate of drug-likeness (QED) is 0.443. The summed E-state index contributed by atoms with van der Waals surface area (Å²) in [4.78, 5) is 37.7. The third kappa shape index (κ3) is 4.69. The minimum Gasteiger partial charge on any atom is -0.461 e. The summed E-state index contributed by atoms with van der Waals surface area (Å²) in [6.45, 7) is 7.46. The van der Waals surface area contributed by atoms with Gasteiger partial charge in [-0.1, -0.05) is 6.08 Å². The van der Waals surface area contributed by atoms with E-state index < -0.39 is 23.1 Å². The number of hydrogen-bond donors (Lipinski definition) is 0. The molecule has 1 aliphatic rings. The van der Waals surface area contributed by atoms with Crippen LogP contribution in [0.15, 0.2) is 12.2 Å². The summed E-state index contributed by atoms with van der Waals surface area (Å²) in [6.07, 6.45) is 5.80. The Morgan fingerprint density at radius 1 is 1.29 bits per heavy atom. The van der Waals surface area contributed by atoms with Crippen LogP contribution >= 0.6 is 0 Å². The summed E-state index contributed by atoms with van der Waals surface area (Å²) in [5.41, 5.74) is -1.01. The van der Waals surface area contributed by atoms with Gasteiger partial charge < -0.3 is 9.64 Å². The number of carbonyl (C=O) groups excluding carboxylic acids is 3. The van der Waals surface area contributed by atoms with Crippen LogP contribution in [0.25, 0.3) is 0 Å². The van der Waals surface area contributed by atoms with Crippen molar-refractivity contribution >= 4 is 17.7 Å². The van der Waals surface area contributed by atoms with Crippen LogP contribution in [-0.4, -0.2) is 41.8 Å². The number of nitrogens with zero attached hydrogens (tertiary/aromatic N) is 1. The van der Waals surface area contributed by atoms with Crippen LogP contribution in [0, 0.1) is 5.41 Å². The number of Topliss-reactive ketones (excluding diaryl/α,β-unsaturated/α-hetero) is 1. The predicted molar refractivity (Wildman–Crippen MR) is 79.6 cm³/mol. The van der Waals surface area contributed by atoms with Crippen molar-refractivity contribution in [2.75, 3.05) is 13.2 Å². The zero-order chi connectivity index (χ0) is 16.0. The largest absolute Gasteiger partial charge is 0.461 e. The van der Waals surface area contributed by atoms with E-state index in [-0.39, 0.29) is 12.6 Å². The molecule has 5 nitrogen and oxygen atoms in total. The monoisotopic (exact) mass is 295 g/mol. The first kappa shape index (κ1) is 17.4. The topological polar surface area (TPSA) is 63.7 Å². The van der Waals surface area contributed by atoms with Crippen LogP contribution in [0.5, 0.6) is 0 Å². The zero-order valence-corrected chi connectivity index (χ0v) is 13.3. The molecule has 1 aliphatic heterocycles. The van der Waals surface area contributed by atoms with Crippen LogP contribution in [0.1, 0.15) is 47.0 Å². The highest BCUT2D eigenvalue weighted by molar-refractivity contribution is 6.38.